The van der Waals surface area contributed by atoms with Crippen molar-refractivity contribution in [3.63, 3.8) is 0 Å². The van der Waals surface area contributed by atoms with Gasteiger partial charge in [0.25, 0.3) is 0 Å². The van der Waals surface area contributed by atoms with Crippen LogP contribution in [0.25, 0.3) is 0 Å². The summed E-state index contributed by atoms with van der Waals surface area (Å²) in [4.78, 5) is 25.2. The Hall–Kier alpha value is -2.89. The molecule has 0 unspecified atom stereocenters. The maximum absolute atomic E-state index is 12.8. The van der Waals surface area contributed by atoms with Crippen molar-refractivity contribution < 1.29 is 14.0 Å². The predicted octanol–water partition coefficient (Wildman–Crippen LogP) is 2.67. The lowest BCUT2D eigenvalue weighted by Crippen LogP contribution is -2.28. The van der Waals surface area contributed by atoms with E-state index in [-0.39, 0.29) is 17.8 Å². The Morgan fingerprint density at radius 3 is 2.70 bits per heavy atom. The summed E-state index contributed by atoms with van der Waals surface area (Å²) in [6.45, 7) is 0.304. The van der Waals surface area contributed by atoms with Crippen molar-refractivity contribution in [1.82, 2.24) is 5.32 Å². The third kappa shape index (κ3) is 3.31. The molecule has 2 N–H and O–H groups in total. The third-order valence-electron chi connectivity index (χ3n) is 3.78. The van der Waals surface area contributed by atoms with E-state index in [9.17, 15) is 14.0 Å². The van der Waals surface area contributed by atoms with Gasteiger partial charge in [-0.05, 0) is 41.5 Å². The smallest absolute Gasteiger partial charge is 0.319 e. The van der Waals surface area contributed by atoms with Crippen molar-refractivity contribution in [3.8, 4) is 0 Å². The first kappa shape index (κ1) is 15.0. The fourth-order valence-electron chi connectivity index (χ4n) is 2.51. The standard InChI is InChI=1S/C17H16FN3O2/c1-21-15-7-6-14(8-12(15)9-16(21)22)20-17(23)19-10-11-2-4-13(18)5-3-11/h2-8H,9-10H2,1H3,(H2,19,20,23). The van der Waals surface area contributed by atoms with Crippen molar-refractivity contribution in [1.29, 1.82) is 0 Å². The molecule has 0 bridgehead atoms. The Labute approximate surface area is 133 Å². The third-order valence-corrected chi connectivity index (χ3v) is 3.78. The van der Waals surface area contributed by atoms with Crippen molar-refractivity contribution in [3.05, 3.63) is 59.4 Å². The first-order valence-electron chi connectivity index (χ1n) is 7.22. The molecule has 3 rings (SSSR count). The first-order valence-corrected chi connectivity index (χ1v) is 7.22. The van der Waals surface area contributed by atoms with E-state index in [1.54, 1.807) is 36.2 Å². The molecule has 0 saturated carbocycles. The minimum atomic E-state index is -0.355. The number of benzene rings is 2. The van der Waals surface area contributed by atoms with Gasteiger partial charge in [0.15, 0.2) is 0 Å². The lowest BCUT2D eigenvalue weighted by Gasteiger charge is -2.11. The van der Waals surface area contributed by atoms with Crippen LogP contribution >= 0.6 is 0 Å². The number of carbonyl (C=O) groups is 2. The molecule has 5 nitrogen and oxygen atoms in total. The van der Waals surface area contributed by atoms with Gasteiger partial charge in [-0.3, -0.25) is 4.79 Å². The molecule has 2 aromatic carbocycles. The number of rotatable bonds is 3. The van der Waals surface area contributed by atoms with Crippen LogP contribution in [-0.2, 0) is 17.8 Å². The van der Waals surface area contributed by atoms with Gasteiger partial charge in [0.2, 0.25) is 5.91 Å². The maximum Gasteiger partial charge on any atom is 0.319 e. The van der Waals surface area contributed by atoms with Crippen LogP contribution in [0.5, 0.6) is 0 Å². The molecule has 2 aromatic rings. The van der Waals surface area contributed by atoms with E-state index in [2.05, 4.69) is 10.6 Å². The summed E-state index contributed by atoms with van der Waals surface area (Å²) < 4.78 is 12.8. The van der Waals surface area contributed by atoms with E-state index in [0.29, 0.717) is 18.7 Å². The largest absolute Gasteiger partial charge is 0.334 e. The zero-order valence-corrected chi connectivity index (χ0v) is 12.6. The number of nitrogens with one attached hydrogen (secondary N) is 2. The fourth-order valence-corrected chi connectivity index (χ4v) is 2.51. The van der Waals surface area contributed by atoms with E-state index in [0.717, 1.165) is 16.8 Å². The molecule has 0 radical (unpaired) electrons. The molecule has 118 valence electrons. The minimum Gasteiger partial charge on any atom is -0.334 e. The van der Waals surface area contributed by atoms with Gasteiger partial charge in [-0.25, -0.2) is 9.18 Å². The molecule has 6 heteroatoms. The molecule has 0 atom stereocenters. The van der Waals surface area contributed by atoms with Crippen LogP contribution in [0.2, 0.25) is 0 Å². The molecule has 1 aliphatic rings. The summed E-state index contributed by atoms with van der Waals surface area (Å²) in [5.41, 5.74) is 3.20. The van der Waals surface area contributed by atoms with Crippen LogP contribution < -0.4 is 15.5 Å². The lowest BCUT2D eigenvalue weighted by atomic mass is 10.1. The van der Waals surface area contributed by atoms with Gasteiger partial charge >= 0.3 is 6.03 Å². The molecule has 0 fully saturated rings. The summed E-state index contributed by atoms with van der Waals surface area (Å²) in [7, 11) is 1.73. The Balaban J connectivity index is 1.59. The van der Waals surface area contributed by atoms with Crippen LogP contribution in [0.1, 0.15) is 11.1 Å². The average Bonchev–Trinajstić information content (AvgIpc) is 2.81. The molecule has 0 aromatic heterocycles. The predicted molar refractivity (Wildman–Crippen MR) is 85.8 cm³/mol. The molecule has 23 heavy (non-hydrogen) atoms. The zero-order chi connectivity index (χ0) is 16.4. The van der Waals surface area contributed by atoms with Gasteiger partial charge in [0, 0.05) is 25.0 Å². The molecule has 0 saturated heterocycles. The number of hydrogen-bond donors (Lipinski definition) is 2. The molecule has 0 aliphatic carbocycles. The second-order valence-corrected chi connectivity index (χ2v) is 5.41. The van der Waals surface area contributed by atoms with E-state index in [1.807, 2.05) is 6.07 Å². The van der Waals surface area contributed by atoms with Crippen molar-refractivity contribution in [2.24, 2.45) is 0 Å². The fraction of sp³-hybridized carbons (Fsp3) is 0.176. The quantitative estimate of drug-likeness (QED) is 0.915. The van der Waals surface area contributed by atoms with Gasteiger partial charge in [0.05, 0.1) is 6.42 Å². The summed E-state index contributed by atoms with van der Waals surface area (Å²) >= 11 is 0. The Kier molecular flexibility index (Phi) is 3.97. The average molecular weight is 313 g/mol. The molecular formula is C17H16FN3O2. The maximum atomic E-state index is 12.8. The number of anilines is 2. The second-order valence-electron chi connectivity index (χ2n) is 5.41. The normalized spacial score (nSPS) is 13.0. The van der Waals surface area contributed by atoms with Crippen LogP contribution in [0, 0.1) is 5.82 Å². The van der Waals surface area contributed by atoms with Crippen molar-refractivity contribution in [2.45, 2.75) is 13.0 Å². The summed E-state index contributed by atoms with van der Waals surface area (Å²) in [6, 6.07) is 11.0. The zero-order valence-electron chi connectivity index (χ0n) is 12.6. The van der Waals surface area contributed by atoms with E-state index >= 15 is 0 Å². The summed E-state index contributed by atoms with van der Waals surface area (Å²) in [5.74, 6) is -0.270. The van der Waals surface area contributed by atoms with E-state index in [4.69, 9.17) is 0 Å². The number of urea groups is 1. The number of halogens is 1. The number of amides is 3. The number of fused-ring (bicyclic) bond motifs is 1. The highest BCUT2D eigenvalue weighted by molar-refractivity contribution is 6.01. The van der Waals surface area contributed by atoms with Gasteiger partial charge in [-0.2, -0.15) is 0 Å². The second kappa shape index (κ2) is 6.08. The van der Waals surface area contributed by atoms with E-state index in [1.165, 1.54) is 12.1 Å². The monoisotopic (exact) mass is 313 g/mol. The van der Waals surface area contributed by atoms with Gasteiger partial charge < -0.3 is 15.5 Å². The lowest BCUT2D eigenvalue weighted by molar-refractivity contribution is -0.117. The van der Waals surface area contributed by atoms with Crippen LogP contribution in [0.3, 0.4) is 0 Å². The Morgan fingerprint density at radius 2 is 1.96 bits per heavy atom. The number of likely N-dealkylation sites (N-methyl/N-ethyl adjacent to an activating group) is 1. The SMILES string of the molecule is CN1C(=O)Cc2cc(NC(=O)NCc3ccc(F)cc3)ccc21. The molecular weight excluding hydrogens is 297 g/mol. The highest BCUT2D eigenvalue weighted by atomic mass is 19.1. The number of carbonyl (C=O) groups excluding carboxylic acids is 2. The van der Waals surface area contributed by atoms with Gasteiger partial charge in [-0.1, -0.05) is 12.1 Å². The minimum absolute atomic E-state index is 0.0397. The van der Waals surface area contributed by atoms with Gasteiger partial charge in [0.1, 0.15) is 5.82 Å². The first-order chi connectivity index (χ1) is 11.0. The summed E-state index contributed by atoms with van der Waals surface area (Å²) in [6.07, 6.45) is 0.346. The Bertz CT molecular complexity index is 759. The molecule has 3 amide bonds. The van der Waals surface area contributed by atoms with E-state index < -0.39 is 0 Å². The van der Waals surface area contributed by atoms with Gasteiger partial charge in [-0.15, -0.1) is 0 Å². The highest BCUT2D eigenvalue weighted by Crippen LogP contribution is 2.29. The molecule has 1 heterocycles. The summed E-state index contributed by atoms with van der Waals surface area (Å²) in [5, 5.41) is 5.43. The molecule has 0 spiro atoms. The van der Waals surface area contributed by atoms with Crippen LogP contribution in [0.15, 0.2) is 42.5 Å². The van der Waals surface area contributed by atoms with Crippen molar-refractivity contribution >= 4 is 23.3 Å². The number of nitrogens with zero attached hydrogens (tertiary/aromatic N) is 1. The van der Waals surface area contributed by atoms with Crippen molar-refractivity contribution in [2.75, 3.05) is 17.3 Å². The number of hydrogen-bond acceptors (Lipinski definition) is 2. The van der Waals surface area contributed by atoms with Crippen LogP contribution in [0.4, 0.5) is 20.6 Å². The Morgan fingerprint density at radius 1 is 1.22 bits per heavy atom. The topological polar surface area (TPSA) is 61.4 Å². The highest BCUT2D eigenvalue weighted by Gasteiger charge is 2.23. The molecule has 1 aliphatic heterocycles. The van der Waals surface area contributed by atoms with Crippen LogP contribution in [-0.4, -0.2) is 19.0 Å².